The van der Waals surface area contributed by atoms with Crippen molar-refractivity contribution in [2.24, 2.45) is 12.5 Å². The van der Waals surface area contributed by atoms with Crippen LogP contribution in [0, 0.1) is 12.3 Å². The molecule has 4 aromatic rings. The Morgan fingerprint density at radius 2 is 2.11 bits per heavy atom. The second-order valence-electron chi connectivity index (χ2n) is 9.50. The van der Waals surface area contributed by atoms with Gasteiger partial charge in [-0.05, 0) is 32.4 Å². The molecule has 0 aliphatic carbocycles. The van der Waals surface area contributed by atoms with Crippen LogP contribution in [0.5, 0.6) is 5.75 Å². The molecule has 1 N–H and O–H groups in total. The highest BCUT2D eigenvalue weighted by molar-refractivity contribution is 5.88. The maximum atomic E-state index is 5.97. The highest BCUT2D eigenvalue weighted by Crippen LogP contribution is 2.30. The molecule has 0 saturated carbocycles. The lowest BCUT2D eigenvalue weighted by Crippen LogP contribution is -2.27. The first-order valence-corrected chi connectivity index (χ1v) is 12.0. The smallest absolute Gasteiger partial charge is 0.163 e. The summed E-state index contributed by atoms with van der Waals surface area (Å²) in [5.41, 5.74) is 3.83. The van der Waals surface area contributed by atoms with E-state index in [4.69, 9.17) is 19.4 Å². The molecule has 4 heterocycles. The number of ether oxygens (including phenoxy) is 2. The largest absolute Gasteiger partial charge is 0.494 e. The van der Waals surface area contributed by atoms with Crippen molar-refractivity contribution in [3.05, 3.63) is 53.9 Å². The Balaban J connectivity index is 1.45. The average molecular weight is 474 g/mol. The van der Waals surface area contributed by atoms with Crippen LogP contribution in [0.2, 0.25) is 0 Å². The van der Waals surface area contributed by atoms with E-state index in [1.165, 1.54) is 0 Å². The summed E-state index contributed by atoms with van der Waals surface area (Å²) < 4.78 is 13.5. The number of hydrogen-bond donors (Lipinski definition) is 1. The van der Waals surface area contributed by atoms with Crippen LogP contribution < -0.4 is 10.1 Å². The van der Waals surface area contributed by atoms with Gasteiger partial charge in [0, 0.05) is 60.4 Å². The van der Waals surface area contributed by atoms with E-state index in [1.807, 2.05) is 49.9 Å². The van der Waals surface area contributed by atoms with Gasteiger partial charge in [0.25, 0.3) is 0 Å². The van der Waals surface area contributed by atoms with E-state index in [0.29, 0.717) is 18.9 Å². The van der Waals surface area contributed by atoms with E-state index in [-0.39, 0.29) is 5.41 Å². The van der Waals surface area contributed by atoms with Crippen molar-refractivity contribution < 1.29 is 9.47 Å². The fraction of sp³-hybridized carbons (Fsp3) is 0.423. The number of hydrogen-bond acceptors (Lipinski definition) is 8. The third-order valence-corrected chi connectivity index (χ3v) is 6.41. The molecule has 1 saturated heterocycles. The zero-order valence-corrected chi connectivity index (χ0v) is 20.7. The molecule has 1 fully saturated rings. The minimum atomic E-state index is 0.102. The fourth-order valence-electron chi connectivity index (χ4n) is 4.41. The van der Waals surface area contributed by atoms with Gasteiger partial charge in [0.15, 0.2) is 11.6 Å². The molecular weight excluding hydrogens is 442 g/mol. The molecule has 1 aliphatic rings. The summed E-state index contributed by atoms with van der Waals surface area (Å²) in [6, 6.07) is 8.11. The van der Waals surface area contributed by atoms with E-state index in [0.717, 1.165) is 71.3 Å². The Morgan fingerprint density at radius 1 is 1.23 bits per heavy atom. The van der Waals surface area contributed by atoms with Crippen LogP contribution in [-0.2, 0) is 18.2 Å². The lowest BCUT2D eigenvalue weighted by Gasteiger charge is -2.22. The lowest BCUT2D eigenvalue weighted by molar-refractivity contribution is 0.164. The third-order valence-electron chi connectivity index (χ3n) is 6.41. The molecule has 1 aliphatic heterocycles. The summed E-state index contributed by atoms with van der Waals surface area (Å²) >= 11 is 0. The molecular formula is C26H31N7O2. The molecule has 1 atom stereocenters. The fourth-order valence-corrected chi connectivity index (χ4v) is 4.41. The van der Waals surface area contributed by atoms with Crippen molar-refractivity contribution in [1.82, 2.24) is 29.7 Å². The third kappa shape index (κ3) is 4.95. The number of fused-ring (bicyclic) bond motifs is 1. The number of anilines is 1. The Bertz CT molecular complexity index is 1350. The number of rotatable bonds is 8. The van der Waals surface area contributed by atoms with Gasteiger partial charge in [0.2, 0.25) is 0 Å². The zero-order valence-electron chi connectivity index (χ0n) is 20.7. The second-order valence-corrected chi connectivity index (χ2v) is 9.50. The molecule has 0 bridgehead atoms. The summed E-state index contributed by atoms with van der Waals surface area (Å²) in [6.07, 6.45) is 5.15. The van der Waals surface area contributed by atoms with Crippen molar-refractivity contribution in [3.63, 3.8) is 0 Å². The number of pyridine rings is 1. The first kappa shape index (κ1) is 23.2. The van der Waals surface area contributed by atoms with Crippen molar-refractivity contribution in [1.29, 1.82) is 0 Å². The lowest BCUT2D eigenvalue weighted by atomic mass is 9.90. The molecule has 0 amide bonds. The summed E-state index contributed by atoms with van der Waals surface area (Å²) in [5, 5.41) is 12.7. The summed E-state index contributed by atoms with van der Waals surface area (Å²) in [7, 11) is 1.92. The quantitative estimate of drug-likeness (QED) is 0.411. The minimum absolute atomic E-state index is 0.102. The monoisotopic (exact) mass is 473 g/mol. The highest BCUT2D eigenvalue weighted by Gasteiger charge is 2.29. The molecule has 182 valence electrons. The Morgan fingerprint density at radius 3 is 2.86 bits per heavy atom. The normalized spacial score (nSPS) is 17.7. The first-order valence-electron chi connectivity index (χ1n) is 12.0. The molecule has 9 nitrogen and oxygen atoms in total. The van der Waals surface area contributed by atoms with Gasteiger partial charge in [0.05, 0.1) is 13.2 Å². The molecule has 9 heteroatoms. The van der Waals surface area contributed by atoms with Crippen molar-refractivity contribution in [2.75, 3.05) is 31.7 Å². The number of benzene rings is 1. The first-order chi connectivity index (χ1) is 16.9. The second kappa shape index (κ2) is 9.58. The maximum Gasteiger partial charge on any atom is 0.163 e. The Hall–Kier alpha value is -3.59. The van der Waals surface area contributed by atoms with Crippen LogP contribution in [0.1, 0.15) is 37.4 Å². The summed E-state index contributed by atoms with van der Waals surface area (Å²) in [4.78, 5) is 14.3. The van der Waals surface area contributed by atoms with Gasteiger partial charge in [0.1, 0.15) is 23.4 Å². The van der Waals surface area contributed by atoms with E-state index in [2.05, 4.69) is 33.5 Å². The van der Waals surface area contributed by atoms with Crippen LogP contribution in [0.3, 0.4) is 0 Å². The predicted molar refractivity (Wildman–Crippen MR) is 135 cm³/mol. The maximum absolute atomic E-state index is 5.97. The van der Waals surface area contributed by atoms with E-state index >= 15 is 0 Å². The SMILES string of the molecule is CCOc1cc(-c2nncn2C)ccc1Cc1ncc2cc(C)nc(NCC3(C)CCOC3)c2n1. The van der Waals surface area contributed by atoms with Crippen LogP contribution in [0.15, 0.2) is 36.8 Å². The predicted octanol–water partition coefficient (Wildman–Crippen LogP) is 3.96. The minimum Gasteiger partial charge on any atom is -0.494 e. The molecule has 1 aromatic carbocycles. The van der Waals surface area contributed by atoms with Crippen LogP contribution in [-0.4, -0.2) is 56.1 Å². The van der Waals surface area contributed by atoms with Gasteiger partial charge in [-0.25, -0.2) is 15.0 Å². The van der Waals surface area contributed by atoms with E-state index < -0.39 is 0 Å². The highest BCUT2D eigenvalue weighted by atomic mass is 16.5. The molecule has 35 heavy (non-hydrogen) atoms. The number of aryl methyl sites for hydroxylation is 2. The van der Waals surface area contributed by atoms with Gasteiger partial charge in [-0.15, -0.1) is 10.2 Å². The topological polar surface area (TPSA) is 99.9 Å². The molecule has 0 spiro atoms. The molecule has 3 aromatic heterocycles. The molecule has 1 unspecified atom stereocenters. The van der Waals surface area contributed by atoms with Crippen molar-refractivity contribution in [3.8, 4) is 17.1 Å². The van der Waals surface area contributed by atoms with Crippen LogP contribution in [0.25, 0.3) is 22.3 Å². The molecule has 5 rings (SSSR count). The van der Waals surface area contributed by atoms with Gasteiger partial charge >= 0.3 is 0 Å². The number of aromatic nitrogens is 6. The van der Waals surface area contributed by atoms with Crippen molar-refractivity contribution in [2.45, 2.75) is 33.6 Å². The zero-order chi connectivity index (χ0) is 24.4. The summed E-state index contributed by atoms with van der Waals surface area (Å²) in [6.45, 7) is 9.13. The van der Waals surface area contributed by atoms with Gasteiger partial charge < -0.3 is 19.4 Å². The van der Waals surface area contributed by atoms with Gasteiger partial charge in [-0.1, -0.05) is 19.1 Å². The van der Waals surface area contributed by atoms with E-state index in [9.17, 15) is 0 Å². The van der Waals surface area contributed by atoms with Gasteiger partial charge in [-0.3, -0.25) is 0 Å². The van der Waals surface area contributed by atoms with Crippen LogP contribution >= 0.6 is 0 Å². The van der Waals surface area contributed by atoms with Crippen LogP contribution in [0.4, 0.5) is 5.82 Å². The summed E-state index contributed by atoms with van der Waals surface area (Å²) in [5.74, 6) is 3.10. The van der Waals surface area contributed by atoms with Crippen molar-refractivity contribution >= 4 is 16.7 Å². The Labute approximate surface area is 204 Å². The average Bonchev–Trinajstić information content (AvgIpc) is 3.47. The number of nitrogens with one attached hydrogen (secondary N) is 1. The Kier molecular flexibility index (Phi) is 6.34. The van der Waals surface area contributed by atoms with E-state index in [1.54, 1.807) is 6.33 Å². The molecule has 0 radical (unpaired) electrons. The standard InChI is InChI=1S/C26H31N7O2/c1-5-35-21-11-19(25-32-29-16-33(25)4)7-6-18(21)12-22-27-13-20-10-17(2)30-24(23(20)31-22)28-14-26(3)8-9-34-15-26/h6-7,10-11,13,16H,5,8-9,12,14-15H2,1-4H3,(H,28,30). The number of nitrogens with zero attached hydrogens (tertiary/aromatic N) is 6. The van der Waals surface area contributed by atoms with Gasteiger partial charge in [-0.2, -0.15) is 0 Å².